The van der Waals surface area contributed by atoms with Gasteiger partial charge in [-0.15, -0.1) is 5.10 Å². The average molecular weight is 279 g/mol. The van der Waals surface area contributed by atoms with Crippen molar-refractivity contribution in [3.63, 3.8) is 0 Å². The van der Waals surface area contributed by atoms with Crippen molar-refractivity contribution in [1.82, 2.24) is 9.59 Å². The van der Waals surface area contributed by atoms with Crippen LogP contribution in [0.3, 0.4) is 0 Å². The third-order valence-corrected chi connectivity index (χ3v) is 3.68. The molecule has 1 aromatic heterocycles. The van der Waals surface area contributed by atoms with Crippen molar-refractivity contribution >= 4 is 11.5 Å². The second kappa shape index (κ2) is 6.60. The predicted molar refractivity (Wildman–Crippen MR) is 74.5 cm³/mol. The van der Waals surface area contributed by atoms with Crippen molar-refractivity contribution in [2.24, 2.45) is 5.73 Å². The van der Waals surface area contributed by atoms with E-state index in [4.69, 9.17) is 15.2 Å². The van der Waals surface area contributed by atoms with Crippen LogP contribution in [0, 0.1) is 6.92 Å². The second-order valence-electron chi connectivity index (χ2n) is 4.08. The van der Waals surface area contributed by atoms with Crippen molar-refractivity contribution in [2.45, 2.75) is 13.0 Å². The van der Waals surface area contributed by atoms with Gasteiger partial charge in [0.2, 0.25) is 0 Å². The van der Waals surface area contributed by atoms with Crippen LogP contribution < -0.4 is 10.5 Å². The summed E-state index contributed by atoms with van der Waals surface area (Å²) in [7, 11) is 1.65. The van der Waals surface area contributed by atoms with Crippen LogP contribution in [0.2, 0.25) is 0 Å². The van der Waals surface area contributed by atoms with Crippen molar-refractivity contribution in [3.8, 4) is 5.75 Å². The molecular weight excluding hydrogens is 262 g/mol. The lowest BCUT2D eigenvalue weighted by Crippen LogP contribution is -2.14. The van der Waals surface area contributed by atoms with Crippen LogP contribution in [0.15, 0.2) is 24.3 Å². The van der Waals surface area contributed by atoms with Crippen molar-refractivity contribution < 1.29 is 9.47 Å². The van der Waals surface area contributed by atoms with E-state index in [1.807, 2.05) is 31.2 Å². The van der Waals surface area contributed by atoms with Crippen LogP contribution in [0.1, 0.15) is 22.2 Å². The minimum absolute atomic E-state index is 0.265. The highest BCUT2D eigenvalue weighted by molar-refractivity contribution is 7.05. The minimum atomic E-state index is -0.265. The molecule has 102 valence electrons. The molecule has 0 saturated carbocycles. The molecule has 5 nitrogen and oxygen atoms in total. The number of hydrogen-bond donors (Lipinski definition) is 1. The standard InChI is InChI=1S/C13H17N3O2S/c1-9-13(19-16-15-9)12(14)10-5-3-4-6-11(10)18-8-7-17-2/h3-6,12H,7-8,14H2,1-2H3. The molecule has 19 heavy (non-hydrogen) atoms. The van der Waals surface area contributed by atoms with E-state index in [0.29, 0.717) is 13.2 Å². The van der Waals surface area contributed by atoms with Gasteiger partial charge in [0.25, 0.3) is 0 Å². The maximum Gasteiger partial charge on any atom is 0.124 e. The van der Waals surface area contributed by atoms with E-state index in [9.17, 15) is 0 Å². The Bertz CT molecular complexity index is 530. The summed E-state index contributed by atoms with van der Waals surface area (Å²) in [6.45, 7) is 2.96. The number of methoxy groups -OCH3 is 1. The van der Waals surface area contributed by atoms with Crippen LogP contribution >= 0.6 is 11.5 Å². The number of aryl methyl sites for hydroxylation is 1. The number of ether oxygens (including phenoxy) is 2. The zero-order valence-corrected chi connectivity index (χ0v) is 11.8. The average Bonchev–Trinajstić information content (AvgIpc) is 2.85. The summed E-state index contributed by atoms with van der Waals surface area (Å²) in [5.74, 6) is 0.778. The molecule has 0 aliphatic rings. The van der Waals surface area contributed by atoms with Crippen LogP contribution in [-0.4, -0.2) is 29.9 Å². The van der Waals surface area contributed by atoms with Crippen LogP contribution in [0.25, 0.3) is 0 Å². The number of nitrogens with zero attached hydrogens (tertiary/aromatic N) is 2. The Morgan fingerprint density at radius 3 is 2.79 bits per heavy atom. The molecular formula is C13H17N3O2S. The van der Waals surface area contributed by atoms with Crippen LogP contribution in [0.5, 0.6) is 5.75 Å². The Kier molecular flexibility index (Phi) is 4.84. The van der Waals surface area contributed by atoms with Gasteiger partial charge in [0.1, 0.15) is 12.4 Å². The first-order valence-corrected chi connectivity index (χ1v) is 6.76. The summed E-state index contributed by atoms with van der Waals surface area (Å²) >= 11 is 1.32. The normalized spacial score (nSPS) is 12.4. The molecule has 1 heterocycles. The largest absolute Gasteiger partial charge is 0.491 e. The second-order valence-corrected chi connectivity index (χ2v) is 4.87. The maximum absolute atomic E-state index is 6.29. The molecule has 0 radical (unpaired) electrons. The van der Waals surface area contributed by atoms with Gasteiger partial charge in [-0.2, -0.15) is 0 Å². The van der Waals surface area contributed by atoms with Gasteiger partial charge in [0.05, 0.1) is 23.2 Å². The topological polar surface area (TPSA) is 70.3 Å². The van der Waals surface area contributed by atoms with E-state index in [-0.39, 0.29) is 6.04 Å². The van der Waals surface area contributed by atoms with Gasteiger partial charge in [-0.05, 0) is 24.5 Å². The molecule has 0 spiro atoms. The molecule has 0 aliphatic carbocycles. The Balaban J connectivity index is 2.21. The SMILES string of the molecule is COCCOc1ccccc1C(N)c1snnc1C. The Morgan fingerprint density at radius 2 is 2.11 bits per heavy atom. The van der Waals surface area contributed by atoms with E-state index in [1.54, 1.807) is 7.11 Å². The summed E-state index contributed by atoms with van der Waals surface area (Å²) in [6, 6.07) is 7.48. The van der Waals surface area contributed by atoms with Gasteiger partial charge >= 0.3 is 0 Å². The number of aromatic nitrogens is 2. The molecule has 0 bridgehead atoms. The van der Waals surface area contributed by atoms with E-state index >= 15 is 0 Å². The highest BCUT2D eigenvalue weighted by Crippen LogP contribution is 2.30. The van der Waals surface area contributed by atoms with E-state index in [0.717, 1.165) is 21.9 Å². The molecule has 1 atom stereocenters. The van der Waals surface area contributed by atoms with E-state index in [1.165, 1.54) is 11.5 Å². The molecule has 0 aliphatic heterocycles. The van der Waals surface area contributed by atoms with Gasteiger partial charge in [0.15, 0.2) is 0 Å². The number of rotatable bonds is 6. The third-order valence-electron chi connectivity index (χ3n) is 2.77. The number of para-hydroxylation sites is 1. The molecule has 2 N–H and O–H groups in total. The van der Waals surface area contributed by atoms with Crippen molar-refractivity contribution in [2.75, 3.05) is 20.3 Å². The molecule has 0 saturated heterocycles. The highest BCUT2D eigenvalue weighted by atomic mass is 32.1. The summed E-state index contributed by atoms with van der Waals surface area (Å²) in [5, 5.41) is 4.00. The smallest absolute Gasteiger partial charge is 0.124 e. The van der Waals surface area contributed by atoms with E-state index < -0.39 is 0 Å². The first-order valence-electron chi connectivity index (χ1n) is 5.99. The lowest BCUT2D eigenvalue weighted by Gasteiger charge is -2.15. The van der Waals surface area contributed by atoms with Crippen LogP contribution in [0.4, 0.5) is 0 Å². The predicted octanol–water partition coefficient (Wildman–Crippen LogP) is 1.92. The number of hydrogen-bond acceptors (Lipinski definition) is 6. The zero-order valence-electron chi connectivity index (χ0n) is 11.0. The van der Waals surface area contributed by atoms with Gasteiger partial charge in [-0.3, -0.25) is 0 Å². The quantitative estimate of drug-likeness (QED) is 0.818. The monoisotopic (exact) mass is 279 g/mol. The van der Waals surface area contributed by atoms with E-state index in [2.05, 4.69) is 9.59 Å². The molecule has 0 amide bonds. The molecule has 2 aromatic rings. The van der Waals surface area contributed by atoms with Gasteiger partial charge in [-0.1, -0.05) is 22.7 Å². The van der Waals surface area contributed by atoms with Gasteiger partial charge in [-0.25, -0.2) is 0 Å². The zero-order chi connectivity index (χ0) is 13.7. The van der Waals surface area contributed by atoms with Crippen molar-refractivity contribution in [3.05, 3.63) is 40.4 Å². The maximum atomic E-state index is 6.29. The Morgan fingerprint density at radius 1 is 1.32 bits per heavy atom. The molecule has 0 fully saturated rings. The third kappa shape index (κ3) is 3.28. The summed E-state index contributed by atoms with van der Waals surface area (Å²) in [5.41, 5.74) is 8.09. The van der Waals surface area contributed by atoms with Crippen molar-refractivity contribution in [1.29, 1.82) is 0 Å². The van der Waals surface area contributed by atoms with Crippen LogP contribution in [-0.2, 0) is 4.74 Å². The Labute approximate surface area is 116 Å². The molecule has 1 aromatic carbocycles. The van der Waals surface area contributed by atoms with Gasteiger partial charge in [0, 0.05) is 12.7 Å². The molecule has 1 unspecified atom stereocenters. The molecule has 6 heteroatoms. The summed E-state index contributed by atoms with van der Waals surface area (Å²) < 4.78 is 14.6. The minimum Gasteiger partial charge on any atom is -0.491 e. The fourth-order valence-electron chi connectivity index (χ4n) is 1.77. The molecule has 2 rings (SSSR count). The fourth-order valence-corrected chi connectivity index (χ4v) is 2.43. The summed E-state index contributed by atoms with van der Waals surface area (Å²) in [6.07, 6.45) is 0. The summed E-state index contributed by atoms with van der Waals surface area (Å²) in [4.78, 5) is 0.961. The number of nitrogens with two attached hydrogens (primary N) is 1. The fraction of sp³-hybridized carbons (Fsp3) is 0.385. The number of benzene rings is 1. The lowest BCUT2D eigenvalue weighted by molar-refractivity contribution is 0.145. The Hall–Kier alpha value is -1.50. The van der Waals surface area contributed by atoms with Gasteiger partial charge < -0.3 is 15.2 Å². The first-order chi connectivity index (χ1) is 9.24. The first kappa shape index (κ1) is 13.9. The highest BCUT2D eigenvalue weighted by Gasteiger charge is 2.18. The lowest BCUT2D eigenvalue weighted by atomic mass is 10.0.